The topological polar surface area (TPSA) is 60.9 Å². The zero-order valence-electron chi connectivity index (χ0n) is 12.8. The lowest BCUT2D eigenvalue weighted by atomic mass is 9.95. The molecule has 4 nitrogen and oxygen atoms in total. The van der Waals surface area contributed by atoms with E-state index < -0.39 is 10.8 Å². The number of nitrogen functional groups attached to an aromatic ring is 1. The standard InChI is InChI=1S/C15H23N3OS/c1-10(9-20(5)19)18-13-7-6-11(16)8-12(13)17-14(18)15(2,3)4/h6-8,10H,9,16H2,1-5H3. The summed E-state index contributed by atoms with van der Waals surface area (Å²) in [6, 6.07) is 5.94. The lowest BCUT2D eigenvalue weighted by Crippen LogP contribution is -2.23. The Bertz CT molecular complexity index is 655. The molecular formula is C15H23N3OS. The molecule has 2 atom stereocenters. The van der Waals surface area contributed by atoms with Crippen molar-refractivity contribution in [3.05, 3.63) is 24.0 Å². The third kappa shape index (κ3) is 2.87. The smallest absolute Gasteiger partial charge is 0.115 e. The van der Waals surface area contributed by atoms with Gasteiger partial charge in [-0.1, -0.05) is 20.8 Å². The van der Waals surface area contributed by atoms with Crippen LogP contribution < -0.4 is 5.73 Å². The highest BCUT2D eigenvalue weighted by Crippen LogP contribution is 2.30. The van der Waals surface area contributed by atoms with Gasteiger partial charge in [-0.3, -0.25) is 4.21 Å². The predicted molar refractivity (Wildman–Crippen MR) is 86.5 cm³/mol. The van der Waals surface area contributed by atoms with Crippen molar-refractivity contribution >= 4 is 27.5 Å². The minimum Gasteiger partial charge on any atom is -0.399 e. The molecule has 0 radical (unpaired) electrons. The molecule has 5 heteroatoms. The van der Waals surface area contributed by atoms with Crippen molar-refractivity contribution in [3.63, 3.8) is 0 Å². The summed E-state index contributed by atoms with van der Waals surface area (Å²) >= 11 is 0. The fourth-order valence-corrected chi connectivity index (χ4v) is 3.33. The highest BCUT2D eigenvalue weighted by Gasteiger charge is 2.25. The molecule has 20 heavy (non-hydrogen) atoms. The second-order valence-electron chi connectivity index (χ2n) is 6.39. The molecule has 2 rings (SSSR count). The van der Waals surface area contributed by atoms with Crippen LogP contribution >= 0.6 is 0 Å². The number of hydrogen-bond donors (Lipinski definition) is 1. The Balaban J connectivity index is 2.67. The molecule has 2 aromatic rings. The molecule has 1 aromatic carbocycles. The molecule has 2 N–H and O–H groups in total. The predicted octanol–water partition coefficient (Wildman–Crippen LogP) is 2.86. The fraction of sp³-hybridized carbons (Fsp3) is 0.533. The van der Waals surface area contributed by atoms with E-state index in [0.29, 0.717) is 11.4 Å². The fourth-order valence-electron chi connectivity index (χ4n) is 2.51. The van der Waals surface area contributed by atoms with Gasteiger partial charge in [0.05, 0.1) is 11.0 Å². The molecule has 1 heterocycles. The van der Waals surface area contributed by atoms with Crippen molar-refractivity contribution in [2.24, 2.45) is 0 Å². The van der Waals surface area contributed by atoms with Crippen LogP contribution in [0.1, 0.15) is 39.6 Å². The molecule has 1 aromatic heterocycles. The van der Waals surface area contributed by atoms with Crippen LogP contribution in [0, 0.1) is 0 Å². The van der Waals surface area contributed by atoms with Gasteiger partial charge in [0.25, 0.3) is 0 Å². The van der Waals surface area contributed by atoms with Crippen LogP contribution in [-0.4, -0.2) is 25.8 Å². The van der Waals surface area contributed by atoms with Gasteiger partial charge in [0.15, 0.2) is 0 Å². The molecule has 0 aliphatic carbocycles. The quantitative estimate of drug-likeness (QED) is 0.885. The molecule has 0 saturated carbocycles. The SMILES string of the molecule is CC(CS(C)=O)n1c(C(C)(C)C)nc2cc(N)ccc21. The maximum Gasteiger partial charge on any atom is 0.115 e. The van der Waals surface area contributed by atoms with Crippen LogP contribution in [0.5, 0.6) is 0 Å². The Morgan fingerprint density at radius 2 is 2.05 bits per heavy atom. The van der Waals surface area contributed by atoms with Gasteiger partial charge >= 0.3 is 0 Å². The van der Waals surface area contributed by atoms with Crippen LogP contribution in [0.2, 0.25) is 0 Å². The summed E-state index contributed by atoms with van der Waals surface area (Å²) in [7, 11) is -0.836. The largest absolute Gasteiger partial charge is 0.399 e. The summed E-state index contributed by atoms with van der Waals surface area (Å²) in [5.41, 5.74) is 8.46. The Morgan fingerprint density at radius 1 is 1.40 bits per heavy atom. The van der Waals surface area contributed by atoms with Crippen molar-refractivity contribution in [2.45, 2.75) is 39.2 Å². The van der Waals surface area contributed by atoms with Crippen LogP contribution in [-0.2, 0) is 16.2 Å². The van der Waals surface area contributed by atoms with Gasteiger partial charge in [-0.05, 0) is 25.1 Å². The van der Waals surface area contributed by atoms with Crippen molar-refractivity contribution in [1.29, 1.82) is 0 Å². The number of nitrogens with two attached hydrogens (primary N) is 1. The van der Waals surface area contributed by atoms with E-state index in [1.165, 1.54) is 0 Å². The van der Waals surface area contributed by atoms with Crippen LogP contribution in [0.4, 0.5) is 5.69 Å². The number of rotatable bonds is 3. The average molecular weight is 293 g/mol. The first-order chi connectivity index (χ1) is 9.20. The second kappa shape index (κ2) is 5.20. The van der Waals surface area contributed by atoms with Gasteiger partial charge in [0.2, 0.25) is 0 Å². The first-order valence-electron chi connectivity index (χ1n) is 6.78. The first kappa shape index (κ1) is 15.0. The second-order valence-corrected chi connectivity index (χ2v) is 7.87. The van der Waals surface area contributed by atoms with Gasteiger partial charge in [0.1, 0.15) is 5.82 Å². The summed E-state index contributed by atoms with van der Waals surface area (Å²) in [6.07, 6.45) is 1.74. The number of nitrogens with zero attached hydrogens (tertiary/aromatic N) is 2. The van der Waals surface area contributed by atoms with E-state index in [-0.39, 0.29) is 11.5 Å². The first-order valence-corrected chi connectivity index (χ1v) is 8.51. The highest BCUT2D eigenvalue weighted by atomic mass is 32.2. The molecule has 0 amide bonds. The van der Waals surface area contributed by atoms with Crippen LogP contribution in [0.3, 0.4) is 0 Å². The summed E-state index contributed by atoms with van der Waals surface area (Å²) in [5, 5.41) is 0. The lowest BCUT2D eigenvalue weighted by Gasteiger charge is -2.24. The molecule has 0 aliphatic heterocycles. The minimum absolute atomic E-state index is 0.0721. The van der Waals surface area contributed by atoms with E-state index in [1.54, 1.807) is 6.26 Å². The van der Waals surface area contributed by atoms with Gasteiger partial charge in [0, 0.05) is 40.0 Å². The summed E-state index contributed by atoms with van der Waals surface area (Å²) in [4.78, 5) is 4.76. The van der Waals surface area contributed by atoms with Crippen molar-refractivity contribution in [2.75, 3.05) is 17.7 Å². The maximum absolute atomic E-state index is 11.6. The van der Waals surface area contributed by atoms with E-state index in [0.717, 1.165) is 16.9 Å². The lowest BCUT2D eigenvalue weighted by molar-refractivity contribution is 0.478. The van der Waals surface area contributed by atoms with E-state index in [1.807, 2.05) is 18.2 Å². The summed E-state index contributed by atoms with van der Waals surface area (Å²) in [6.45, 7) is 8.52. The molecule has 0 saturated heterocycles. The minimum atomic E-state index is -0.836. The van der Waals surface area contributed by atoms with Gasteiger partial charge in [-0.15, -0.1) is 0 Å². The monoisotopic (exact) mass is 293 g/mol. The molecule has 0 aliphatic rings. The summed E-state index contributed by atoms with van der Waals surface area (Å²) in [5.74, 6) is 1.63. The zero-order valence-corrected chi connectivity index (χ0v) is 13.6. The molecule has 110 valence electrons. The van der Waals surface area contributed by atoms with Crippen molar-refractivity contribution in [3.8, 4) is 0 Å². The zero-order chi connectivity index (χ0) is 15.1. The third-order valence-corrected chi connectivity index (χ3v) is 4.25. The molecule has 0 bridgehead atoms. The van der Waals surface area contributed by atoms with Crippen molar-refractivity contribution in [1.82, 2.24) is 9.55 Å². The normalized spacial score (nSPS) is 15.4. The van der Waals surface area contributed by atoms with Crippen LogP contribution in [0.15, 0.2) is 18.2 Å². The average Bonchev–Trinajstić information content (AvgIpc) is 2.65. The van der Waals surface area contributed by atoms with Gasteiger partial charge in [-0.25, -0.2) is 4.98 Å². The maximum atomic E-state index is 11.6. The van der Waals surface area contributed by atoms with E-state index >= 15 is 0 Å². The van der Waals surface area contributed by atoms with Crippen molar-refractivity contribution < 1.29 is 4.21 Å². The number of aromatic nitrogens is 2. The van der Waals surface area contributed by atoms with E-state index in [9.17, 15) is 4.21 Å². The van der Waals surface area contributed by atoms with E-state index in [2.05, 4.69) is 32.3 Å². The Labute approximate surface area is 122 Å². The van der Waals surface area contributed by atoms with Gasteiger partial charge < -0.3 is 10.3 Å². The third-order valence-electron chi connectivity index (χ3n) is 3.30. The number of hydrogen-bond acceptors (Lipinski definition) is 3. The molecule has 0 fully saturated rings. The molecular weight excluding hydrogens is 270 g/mol. The van der Waals surface area contributed by atoms with Gasteiger partial charge in [-0.2, -0.15) is 0 Å². The Hall–Kier alpha value is -1.36. The van der Waals surface area contributed by atoms with E-state index in [4.69, 9.17) is 10.7 Å². The molecule has 2 unspecified atom stereocenters. The highest BCUT2D eigenvalue weighted by molar-refractivity contribution is 7.84. The number of fused-ring (bicyclic) bond motifs is 1. The number of imidazole rings is 1. The Morgan fingerprint density at radius 3 is 2.60 bits per heavy atom. The number of benzene rings is 1. The number of anilines is 1. The Kier molecular flexibility index (Phi) is 3.91. The van der Waals surface area contributed by atoms with Crippen LogP contribution in [0.25, 0.3) is 11.0 Å². The summed E-state index contributed by atoms with van der Waals surface area (Å²) < 4.78 is 13.8. The molecule has 0 spiro atoms.